The highest BCUT2D eigenvalue weighted by atomic mass is 32.1. The number of hydrogen-bond acceptors (Lipinski definition) is 5. The lowest BCUT2D eigenvalue weighted by Gasteiger charge is -2.07. The zero-order valence-electron chi connectivity index (χ0n) is 9.43. The molecule has 3 aromatic rings. The Morgan fingerprint density at radius 2 is 2.00 bits per heavy atom. The fourth-order valence-corrected chi connectivity index (χ4v) is 2.35. The summed E-state index contributed by atoms with van der Waals surface area (Å²) in [5.74, 6) is -2.18. The van der Waals surface area contributed by atoms with Crippen LogP contribution in [0.4, 0.5) is 14.7 Å². The molecule has 0 amide bonds. The van der Waals surface area contributed by atoms with Crippen molar-refractivity contribution >= 4 is 27.5 Å². The largest absolute Gasteiger partial charge is 0.435 e. The Morgan fingerprint density at radius 1 is 1.16 bits per heavy atom. The Labute approximate surface area is 110 Å². The van der Waals surface area contributed by atoms with Crippen LogP contribution in [0, 0.1) is 11.6 Å². The van der Waals surface area contributed by atoms with Crippen LogP contribution >= 0.6 is 11.3 Å². The average Bonchev–Trinajstić information content (AvgIpc) is 2.83. The first-order valence-corrected chi connectivity index (χ1v) is 6.15. The van der Waals surface area contributed by atoms with Crippen LogP contribution in [0.1, 0.15) is 0 Å². The maximum Gasteiger partial charge on any atom is 0.233 e. The van der Waals surface area contributed by atoms with Gasteiger partial charge in [-0.05, 0) is 23.6 Å². The molecule has 1 aromatic carbocycles. The Bertz CT molecular complexity index is 760. The van der Waals surface area contributed by atoms with Crippen molar-refractivity contribution in [2.75, 3.05) is 5.73 Å². The van der Waals surface area contributed by atoms with Gasteiger partial charge in [0.2, 0.25) is 17.6 Å². The first kappa shape index (κ1) is 11.8. The monoisotopic (exact) mass is 279 g/mol. The highest BCUT2D eigenvalue weighted by Crippen LogP contribution is 2.32. The average molecular weight is 279 g/mol. The highest BCUT2D eigenvalue weighted by molar-refractivity contribution is 7.16. The predicted molar refractivity (Wildman–Crippen MR) is 68.3 cm³/mol. The molecule has 0 spiro atoms. The number of nitrogens with zero attached hydrogens (tertiary/aromatic N) is 2. The van der Waals surface area contributed by atoms with Gasteiger partial charge in [-0.25, -0.2) is 9.37 Å². The number of thiophene rings is 1. The number of benzene rings is 1. The fourth-order valence-electron chi connectivity index (χ4n) is 1.59. The molecule has 96 valence electrons. The van der Waals surface area contributed by atoms with E-state index in [1.54, 1.807) is 11.4 Å². The van der Waals surface area contributed by atoms with Crippen LogP contribution in [0.15, 0.2) is 29.6 Å². The molecule has 2 heterocycles. The van der Waals surface area contributed by atoms with Gasteiger partial charge in [0.05, 0.1) is 5.39 Å². The van der Waals surface area contributed by atoms with Gasteiger partial charge in [0.15, 0.2) is 11.6 Å². The smallest absolute Gasteiger partial charge is 0.233 e. The quantitative estimate of drug-likeness (QED) is 0.781. The molecule has 19 heavy (non-hydrogen) atoms. The first-order valence-electron chi connectivity index (χ1n) is 5.28. The molecule has 0 aliphatic heterocycles. The topological polar surface area (TPSA) is 61.0 Å². The van der Waals surface area contributed by atoms with E-state index in [0.717, 1.165) is 6.07 Å². The van der Waals surface area contributed by atoms with Crippen molar-refractivity contribution in [3.05, 3.63) is 41.3 Å². The number of hydrogen-bond donors (Lipinski definition) is 1. The molecule has 0 aliphatic rings. The molecule has 0 atom stereocenters. The maximum absolute atomic E-state index is 13.5. The summed E-state index contributed by atoms with van der Waals surface area (Å²) in [7, 11) is 0. The number of anilines is 1. The van der Waals surface area contributed by atoms with Crippen molar-refractivity contribution in [2.45, 2.75) is 0 Å². The molecule has 0 aliphatic carbocycles. The second-order valence-electron chi connectivity index (χ2n) is 3.68. The van der Waals surface area contributed by atoms with Gasteiger partial charge in [-0.2, -0.15) is 9.37 Å². The van der Waals surface area contributed by atoms with Crippen molar-refractivity contribution in [3.63, 3.8) is 0 Å². The van der Waals surface area contributed by atoms with Gasteiger partial charge in [-0.15, -0.1) is 11.3 Å². The number of rotatable bonds is 2. The number of nitrogen functional groups attached to an aromatic ring is 1. The van der Waals surface area contributed by atoms with Crippen LogP contribution < -0.4 is 10.5 Å². The van der Waals surface area contributed by atoms with Crippen molar-refractivity contribution in [1.29, 1.82) is 0 Å². The maximum atomic E-state index is 13.5. The minimum absolute atomic E-state index is 0.0155. The lowest BCUT2D eigenvalue weighted by molar-refractivity contribution is 0.409. The van der Waals surface area contributed by atoms with E-state index in [4.69, 9.17) is 10.5 Å². The Morgan fingerprint density at radius 3 is 2.84 bits per heavy atom. The van der Waals surface area contributed by atoms with E-state index in [2.05, 4.69) is 9.97 Å². The van der Waals surface area contributed by atoms with E-state index in [9.17, 15) is 8.78 Å². The van der Waals surface area contributed by atoms with Gasteiger partial charge in [0.1, 0.15) is 4.83 Å². The molecular formula is C12H7F2N3OS. The number of nitrogens with two attached hydrogens (primary N) is 1. The summed E-state index contributed by atoms with van der Waals surface area (Å²) >= 11 is 1.35. The molecule has 4 nitrogen and oxygen atoms in total. The van der Waals surface area contributed by atoms with E-state index in [1.165, 1.54) is 23.5 Å². The molecule has 2 N–H and O–H groups in total. The standard InChI is InChI=1S/C12H7F2N3OS/c13-7-2-1-3-8(9(7)14)18-10-6-4-5-19-11(6)17-12(15)16-10/h1-5H,(H2,15,16,17). The molecule has 0 saturated heterocycles. The second-order valence-corrected chi connectivity index (χ2v) is 4.57. The van der Waals surface area contributed by atoms with E-state index < -0.39 is 11.6 Å². The zero-order chi connectivity index (χ0) is 13.4. The first-order chi connectivity index (χ1) is 9.15. The summed E-state index contributed by atoms with van der Waals surface area (Å²) in [6.45, 7) is 0. The molecule has 0 radical (unpaired) electrons. The third-order valence-corrected chi connectivity index (χ3v) is 3.24. The van der Waals surface area contributed by atoms with Crippen molar-refractivity contribution in [1.82, 2.24) is 9.97 Å². The van der Waals surface area contributed by atoms with Gasteiger partial charge in [0.25, 0.3) is 0 Å². The normalized spacial score (nSPS) is 10.8. The second kappa shape index (κ2) is 4.43. The Hall–Kier alpha value is -2.28. The molecule has 2 aromatic heterocycles. The number of ether oxygens (including phenoxy) is 1. The zero-order valence-corrected chi connectivity index (χ0v) is 10.2. The summed E-state index contributed by atoms with van der Waals surface area (Å²) in [5.41, 5.74) is 5.54. The minimum Gasteiger partial charge on any atom is -0.435 e. The summed E-state index contributed by atoms with van der Waals surface area (Å²) in [6.07, 6.45) is 0. The van der Waals surface area contributed by atoms with Crippen LogP contribution in [-0.4, -0.2) is 9.97 Å². The van der Waals surface area contributed by atoms with E-state index in [1.807, 2.05) is 0 Å². The number of fused-ring (bicyclic) bond motifs is 1. The highest BCUT2D eigenvalue weighted by Gasteiger charge is 2.14. The number of aromatic nitrogens is 2. The summed E-state index contributed by atoms with van der Waals surface area (Å²) in [5, 5.41) is 2.39. The van der Waals surface area contributed by atoms with Crippen LogP contribution in [0.5, 0.6) is 11.6 Å². The summed E-state index contributed by atoms with van der Waals surface area (Å²) in [6, 6.07) is 5.40. The van der Waals surface area contributed by atoms with Crippen LogP contribution in [0.3, 0.4) is 0 Å². The van der Waals surface area contributed by atoms with E-state index in [0.29, 0.717) is 10.2 Å². The third-order valence-electron chi connectivity index (χ3n) is 2.43. The van der Waals surface area contributed by atoms with E-state index in [-0.39, 0.29) is 17.6 Å². The van der Waals surface area contributed by atoms with Gasteiger partial charge in [-0.1, -0.05) is 6.07 Å². The molecule has 0 fully saturated rings. The summed E-state index contributed by atoms with van der Waals surface area (Å²) < 4.78 is 31.9. The fraction of sp³-hybridized carbons (Fsp3) is 0. The van der Waals surface area contributed by atoms with Gasteiger partial charge < -0.3 is 10.5 Å². The van der Waals surface area contributed by atoms with Crippen LogP contribution in [0.25, 0.3) is 10.2 Å². The molecule has 0 unspecified atom stereocenters. The molecular weight excluding hydrogens is 272 g/mol. The van der Waals surface area contributed by atoms with Crippen molar-refractivity contribution in [3.8, 4) is 11.6 Å². The molecule has 0 bridgehead atoms. The Balaban J connectivity index is 2.10. The van der Waals surface area contributed by atoms with Gasteiger partial charge >= 0.3 is 0 Å². The molecule has 0 saturated carbocycles. The third kappa shape index (κ3) is 2.08. The van der Waals surface area contributed by atoms with E-state index >= 15 is 0 Å². The Kier molecular flexibility index (Phi) is 2.75. The van der Waals surface area contributed by atoms with Crippen molar-refractivity contribution in [2.24, 2.45) is 0 Å². The van der Waals surface area contributed by atoms with Gasteiger partial charge in [-0.3, -0.25) is 0 Å². The van der Waals surface area contributed by atoms with Crippen LogP contribution in [-0.2, 0) is 0 Å². The SMILES string of the molecule is Nc1nc(Oc2cccc(F)c2F)c2ccsc2n1. The lowest BCUT2D eigenvalue weighted by Crippen LogP contribution is -1.98. The molecule has 3 rings (SSSR count). The predicted octanol–water partition coefficient (Wildman–Crippen LogP) is 3.34. The lowest BCUT2D eigenvalue weighted by atomic mass is 10.3. The van der Waals surface area contributed by atoms with Crippen LogP contribution in [0.2, 0.25) is 0 Å². The number of halogens is 2. The van der Waals surface area contributed by atoms with Crippen molar-refractivity contribution < 1.29 is 13.5 Å². The summed E-state index contributed by atoms with van der Waals surface area (Å²) in [4.78, 5) is 8.54. The van der Waals surface area contributed by atoms with Gasteiger partial charge in [0, 0.05) is 0 Å². The molecule has 7 heteroatoms. The minimum atomic E-state index is -1.07.